The van der Waals surface area contributed by atoms with Gasteiger partial charge in [-0.05, 0) is 43.5 Å². The van der Waals surface area contributed by atoms with E-state index < -0.39 is 9.84 Å². The summed E-state index contributed by atoms with van der Waals surface area (Å²) in [6, 6.07) is 3.33. The van der Waals surface area contributed by atoms with Gasteiger partial charge in [-0.2, -0.15) is 9.97 Å². The minimum atomic E-state index is -3.65. The van der Waals surface area contributed by atoms with Crippen molar-refractivity contribution >= 4 is 21.1 Å². The van der Waals surface area contributed by atoms with E-state index in [0.717, 1.165) is 6.26 Å². The van der Waals surface area contributed by atoms with E-state index in [0.29, 0.717) is 29.7 Å². The Morgan fingerprint density at radius 3 is 2.35 bits per heavy atom. The van der Waals surface area contributed by atoms with Crippen LogP contribution in [0.3, 0.4) is 0 Å². The number of benzene rings is 1. The van der Waals surface area contributed by atoms with Crippen LogP contribution < -0.4 is 4.74 Å². The molecule has 0 unspecified atom stereocenters. The van der Waals surface area contributed by atoms with Crippen molar-refractivity contribution in [2.24, 2.45) is 0 Å². The molecule has 0 atom stereocenters. The van der Waals surface area contributed by atoms with Gasteiger partial charge >= 0.3 is 0 Å². The molecule has 2 aromatic heterocycles. The molecule has 0 saturated heterocycles. The summed E-state index contributed by atoms with van der Waals surface area (Å²) in [4.78, 5) is 12.3. The number of sulfone groups is 1. The molecule has 9 heteroatoms. The zero-order valence-corrected chi connectivity index (χ0v) is 15.7. The Bertz CT molecular complexity index is 1070. The summed E-state index contributed by atoms with van der Waals surface area (Å²) < 4.78 is 34.8. The lowest BCUT2D eigenvalue weighted by Gasteiger charge is -2.04. The lowest BCUT2D eigenvalue weighted by Crippen LogP contribution is -2.07. The summed E-state index contributed by atoms with van der Waals surface area (Å²) in [6.45, 7) is 5.68. The Morgan fingerprint density at radius 2 is 1.77 bits per heavy atom. The smallest absolute Gasteiger partial charge is 0.255 e. The molecule has 3 aromatic rings. The summed E-state index contributed by atoms with van der Waals surface area (Å²) in [6.07, 6.45) is 1.72. The molecule has 137 valence electrons. The van der Waals surface area contributed by atoms with Gasteiger partial charge < -0.3 is 9.15 Å². The number of rotatable bonds is 5. The molecule has 1 radical (unpaired) electrons. The number of ether oxygens (including phenoxy) is 1. The van der Waals surface area contributed by atoms with Gasteiger partial charge in [0.2, 0.25) is 21.6 Å². The van der Waals surface area contributed by atoms with Gasteiger partial charge in [-0.15, -0.1) is 0 Å². The second-order valence-corrected chi connectivity index (χ2v) is 7.95. The third-order valence-corrected chi connectivity index (χ3v) is 4.53. The van der Waals surface area contributed by atoms with Crippen molar-refractivity contribution in [1.29, 1.82) is 0 Å². The number of aromatic nitrogens is 3. The molecule has 0 amide bonds. The molecule has 1 aromatic carbocycles. The molecule has 26 heavy (non-hydrogen) atoms. The Balaban J connectivity index is 2.21. The van der Waals surface area contributed by atoms with Crippen LogP contribution in [-0.2, 0) is 14.9 Å². The van der Waals surface area contributed by atoms with Crippen molar-refractivity contribution in [1.82, 2.24) is 15.0 Å². The first kappa shape index (κ1) is 18.1. The highest BCUT2D eigenvalue weighted by molar-refractivity contribution is 7.90. The van der Waals surface area contributed by atoms with E-state index in [-0.39, 0.29) is 33.9 Å². The van der Waals surface area contributed by atoms with Gasteiger partial charge in [0.25, 0.3) is 10.9 Å². The molecular weight excluding hydrogens is 358 g/mol. The van der Waals surface area contributed by atoms with Gasteiger partial charge in [-0.3, -0.25) is 5.11 Å². The largest absolute Gasteiger partial charge is 0.476 e. The maximum Gasteiger partial charge on any atom is 0.255 e. The fraction of sp³-hybridized carbons (Fsp3) is 0.353. The van der Waals surface area contributed by atoms with Gasteiger partial charge in [0.1, 0.15) is 0 Å². The predicted octanol–water partition coefficient (Wildman–Crippen LogP) is 3.24. The zero-order chi connectivity index (χ0) is 19.1. The molecule has 3 rings (SSSR count). The van der Waals surface area contributed by atoms with E-state index in [4.69, 9.17) is 9.15 Å². The Labute approximate surface area is 150 Å². The maximum absolute atomic E-state index is 11.9. The molecule has 0 aliphatic rings. The van der Waals surface area contributed by atoms with E-state index in [1.807, 2.05) is 6.92 Å². The molecule has 8 nitrogen and oxygen atoms in total. The fourth-order valence-electron chi connectivity index (χ4n) is 2.44. The van der Waals surface area contributed by atoms with Crippen molar-refractivity contribution in [2.45, 2.75) is 32.3 Å². The van der Waals surface area contributed by atoms with E-state index >= 15 is 0 Å². The van der Waals surface area contributed by atoms with Gasteiger partial charge in [-0.1, -0.05) is 6.92 Å². The van der Waals surface area contributed by atoms with Gasteiger partial charge in [0.15, 0.2) is 11.3 Å². The minimum Gasteiger partial charge on any atom is -0.476 e. The highest BCUT2D eigenvalue weighted by atomic mass is 32.2. The van der Waals surface area contributed by atoms with Crippen molar-refractivity contribution in [2.75, 3.05) is 12.9 Å². The Hall–Kier alpha value is -2.68. The van der Waals surface area contributed by atoms with Crippen molar-refractivity contribution in [3.8, 4) is 23.1 Å². The summed E-state index contributed by atoms with van der Waals surface area (Å²) in [5.41, 5.74) is 1.98. The minimum absolute atomic E-state index is 0.0167. The standard InChI is InChI=1S/C17H18N3O5S/c1-5-6-24-15-12-16(20-17(19-15)26(4,22)23)25-14(18-12)11-7-9(2)13(21)10(3)8-11/h7-8H,5-6H2,1-4H3. The van der Waals surface area contributed by atoms with Crippen LogP contribution in [0.5, 0.6) is 11.6 Å². The second kappa shape index (κ2) is 6.56. The molecule has 0 aliphatic heterocycles. The van der Waals surface area contributed by atoms with Gasteiger partial charge in [0.05, 0.1) is 6.61 Å². The molecule has 0 saturated carbocycles. The van der Waals surface area contributed by atoms with E-state index in [1.54, 1.807) is 26.0 Å². The monoisotopic (exact) mass is 376 g/mol. The fourth-order valence-corrected chi connectivity index (χ4v) is 2.94. The topological polar surface area (TPSA) is 115 Å². The maximum atomic E-state index is 11.9. The van der Waals surface area contributed by atoms with E-state index in [1.165, 1.54) is 0 Å². The highest BCUT2D eigenvalue weighted by Crippen LogP contribution is 2.32. The second-order valence-electron chi connectivity index (χ2n) is 6.04. The third kappa shape index (κ3) is 3.34. The predicted molar refractivity (Wildman–Crippen MR) is 93.5 cm³/mol. The molecule has 0 N–H and O–H groups in total. The molecule has 2 heterocycles. The number of nitrogens with zero attached hydrogens (tertiary/aromatic N) is 3. The lowest BCUT2D eigenvalue weighted by molar-refractivity contribution is 0.305. The molecule has 0 fully saturated rings. The van der Waals surface area contributed by atoms with Crippen LogP contribution in [0.2, 0.25) is 0 Å². The van der Waals surface area contributed by atoms with Crippen LogP contribution in [0.1, 0.15) is 24.5 Å². The first-order chi connectivity index (χ1) is 12.2. The highest BCUT2D eigenvalue weighted by Gasteiger charge is 2.22. The van der Waals surface area contributed by atoms with Gasteiger partial charge in [0, 0.05) is 11.8 Å². The Morgan fingerprint density at radius 1 is 1.12 bits per heavy atom. The first-order valence-electron chi connectivity index (χ1n) is 8.00. The van der Waals surface area contributed by atoms with Crippen molar-refractivity contribution in [3.05, 3.63) is 23.3 Å². The normalized spacial score (nSPS) is 11.8. The molecule has 0 aliphatic carbocycles. The lowest BCUT2D eigenvalue weighted by atomic mass is 10.1. The quantitative estimate of drug-likeness (QED) is 0.628. The van der Waals surface area contributed by atoms with Crippen LogP contribution in [0.15, 0.2) is 21.7 Å². The molecule has 0 bridgehead atoms. The first-order valence-corrected chi connectivity index (χ1v) is 9.90. The van der Waals surface area contributed by atoms with Crippen molar-refractivity contribution in [3.63, 3.8) is 0 Å². The van der Waals surface area contributed by atoms with Crippen LogP contribution in [0.25, 0.3) is 22.7 Å². The van der Waals surface area contributed by atoms with Crippen LogP contribution >= 0.6 is 0 Å². The SMILES string of the molecule is CCCOc1nc(S(C)(=O)=O)nc2oc(-c3cc(C)c([O])c(C)c3)nc12. The zero-order valence-electron chi connectivity index (χ0n) is 14.9. The average molecular weight is 376 g/mol. The van der Waals surface area contributed by atoms with E-state index in [9.17, 15) is 13.5 Å². The summed E-state index contributed by atoms with van der Waals surface area (Å²) >= 11 is 0. The van der Waals surface area contributed by atoms with Crippen LogP contribution in [0.4, 0.5) is 0 Å². The van der Waals surface area contributed by atoms with Crippen LogP contribution in [-0.4, -0.2) is 36.2 Å². The summed E-state index contributed by atoms with van der Waals surface area (Å²) in [5, 5.41) is 11.5. The number of hydrogen-bond acceptors (Lipinski definition) is 7. The molecular formula is C17H18N3O5S. The number of aryl methyl sites for hydroxylation is 2. The number of fused-ring (bicyclic) bond motifs is 1. The average Bonchev–Trinajstić information content (AvgIpc) is 3.00. The van der Waals surface area contributed by atoms with E-state index in [2.05, 4.69) is 15.0 Å². The van der Waals surface area contributed by atoms with Crippen molar-refractivity contribution < 1.29 is 22.7 Å². The van der Waals surface area contributed by atoms with Gasteiger partial charge in [-0.25, -0.2) is 13.4 Å². The third-order valence-electron chi connectivity index (χ3n) is 3.69. The Kier molecular flexibility index (Phi) is 4.57. The molecule has 0 spiro atoms. The number of oxazole rings is 1. The van der Waals surface area contributed by atoms with Crippen LogP contribution in [0, 0.1) is 13.8 Å². The number of hydrogen-bond donors (Lipinski definition) is 0. The summed E-state index contributed by atoms with van der Waals surface area (Å²) in [7, 11) is -3.65. The summed E-state index contributed by atoms with van der Waals surface area (Å²) in [5.74, 6) is 0.227.